The fourth-order valence-electron chi connectivity index (χ4n) is 2.47. The smallest absolute Gasteiger partial charge is 0.326 e. The number of aliphatic carboxylic acids is 2. The van der Waals surface area contributed by atoms with Crippen LogP contribution in [0.4, 0.5) is 0 Å². The summed E-state index contributed by atoms with van der Waals surface area (Å²) >= 11 is 1.35. The van der Waals surface area contributed by atoms with Crippen molar-refractivity contribution in [3.63, 3.8) is 0 Å². The number of nitrogens with two attached hydrogens (primary N) is 2. The summed E-state index contributed by atoms with van der Waals surface area (Å²) < 4.78 is 0. The number of primary amides is 1. The number of nitrogens with one attached hydrogen (secondary N) is 3. The molecule has 0 aliphatic carbocycles. The molecule has 0 fully saturated rings. The van der Waals surface area contributed by atoms with Gasteiger partial charge in [0.15, 0.2) is 0 Å². The highest BCUT2D eigenvalue weighted by Gasteiger charge is 2.31. The number of carbonyl (C=O) groups is 6. The van der Waals surface area contributed by atoms with Gasteiger partial charge in [-0.25, -0.2) is 4.79 Å². The van der Waals surface area contributed by atoms with Gasteiger partial charge in [0.1, 0.15) is 24.2 Å². The Bertz CT molecular complexity index is 734. The number of hydrogen-bond acceptors (Lipinski definition) is 9. The highest BCUT2D eigenvalue weighted by Crippen LogP contribution is 2.05. The maximum absolute atomic E-state index is 12.7. The lowest BCUT2D eigenvalue weighted by Gasteiger charge is -2.25. The molecular formula is C18H31N5O9S. The number of thioether (sulfide) groups is 1. The second-order valence-corrected chi connectivity index (χ2v) is 8.16. The van der Waals surface area contributed by atoms with Crippen LogP contribution in [-0.2, 0) is 28.8 Å². The molecule has 0 bridgehead atoms. The molecule has 15 heteroatoms. The van der Waals surface area contributed by atoms with Gasteiger partial charge in [-0.3, -0.25) is 24.0 Å². The summed E-state index contributed by atoms with van der Waals surface area (Å²) in [5, 5.41) is 34.2. The van der Waals surface area contributed by atoms with E-state index in [0.29, 0.717) is 5.75 Å². The quantitative estimate of drug-likeness (QED) is 0.106. The fraction of sp³-hybridized carbons (Fsp3) is 0.667. The third-order valence-electron chi connectivity index (χ3n) is 4.37. The van der Waals surface area contributed by atoms with Crippen molar-refractivity contribution in [1.29, 1.82) is 0 Å². The van der Waals surface area contributed by atoms with Gasteiger partial charge in [0.2, 0.25) is 23.6 Å². The van der Waals surface area contributed by atoms with Gasteiger partial charge < -0.3 is 42.7 Å². The molecule has 0 saturated heterocycles. The van der Waals surface area contributed by atoms with Gasteiger partial charge >= 0.3 is 11.9 Å². The van der Waals surface area contributed by atoms with E-state index >= 15 is 0 Å². The molecule has 5 atom stereocenters. The number of carbonyl (C=O) groups excluding carboxylic acids is 4. The minimum atomic E-state index is -1.58. The monoisotopic (exact) mass is 493 g/mol. The lowest BCUT2D eigenvalue weighted by Crippen LogP contribution is -2.58. The Morgan fingerprint density at radius 1 is 0.879 bits per heavy atom. The summed E-state index contributed by atoms with van der Waals surface area (Å²) in [5.41, 5.74) is 10.6. The SMILES string of the molecule is CSCCC(NC(=O)C(CCC(=O)O)NC(=O)C(CC(N)=O)NC(=O)C(N)C(C)O)C(=O)O. The van der Waals surface area contributed by atoms with E-state index < -0.39 is 85.1 Å². The van der Waals surface area contributed by atoms with Crippen LogP contribution < -0.4 is 27.4 Å². The van der Waals surface area contributed by atoms with Crippen LogP contribution in [0.1, 0.15) is 32.6 Å². The van der Waals surface area contributed by atoms with E-state index in [1.165, 1.54) is 18.7 Å². The highest BCUT2D eigenvalue weighted by atomic mass is 32.2. The molecule has 0 aromatic heterocycles. The molecule has 0 rings (SSSR count). The van der Waals surface area contributed by atoms with Gasteiger partial charge in [0, 0.05) is 6.42 Å². The zero-order valence-corrected chi connectivity index (χ0v) is 19.1. The first kappa shape index (κ1) is 30.1. The van der Waals surface area contributed by atoms with Gasteiger partial charge in [-0.2, -0.15) is 11.8 Å². The molecule has 0 saturated carbocycles. The molecule has 0 aliphatic rings. The van der Waals surface area contributed by atoms with Crippen molar-refractivity contribution >= 4 is 47.3 Å². The van der Waals surface area contributed by atoms with Gasteiger partial charge in [-0.05, 0) is 31.8 Å². The van der Waals surface area contributed by atoms with E-state index in [-0.39, 0.29) is 6.42 Å². The average molecular weight is 494 g/mol. The zero-order valence-electron chi connectivity index (χ0n) is 18.3. The third-order valence-corrected chi connectivity index (χ3v) is 5.01. The van der Waals surface area contributed by atoms with Gasteiger partial charge in [0.25, 0.3) is 0 Å². The Hall–Kier alpha value is -2.91. The molecule has 4 amide bonds. The molecule has 33 heavy (non-hydrogen) atoms. The highest BCUT2D eigenvalue weighted by molar-refractivity contribution is 7.98. The van der Waals surface area contributed by atoms with E-state index in [9.17, 15) is 39.0 Å². The zero-order chi connectivity index (χ0) is 25.7. The molecule has 0 aliphatic heterocycles. The summed E-state index contributed by atoms with van der Waals surface area (Å²) in [7, 11) is 0. The maximum atomic E-state index is 12.7. The topological polar surface area (TPSA) is 251 Å². The lowest BCUT2D eigenvalue weighted by molar-refractivity contribution is -0.143. The van der Waals surface area contributed by atoms with Crippen LogP contribution in [0.3, 0.4) is 0 Å². The van der Waals surface area contributed by atoms with Gasteiger partial charge in [0.05, 0.1) is 12.5 Å². The number of hydrogen-bond donors (Lipinski definition) is 8. The second-order valence-electron chi connectivity index (χ2n) is 7.17. The first-order chi connectivity index (χ1) is 15.3. The molecule has 0 spiro atoms. The average Bonchev–Trinajstić information content (AvgIpc) is 2.71. The first-order valence-electron chi connectivity index (χ1n) is 9.86. The molecule has 14 nitrogen and oxygen atoms in total. The Morgan fingerprint density at radius 3 is 1.85 bits per heavy atom. The summed E-state index contributed by atoms with van der Waals surface area (Å²) in [6.45, 7) is 1.23. The number of carboxylic acids is 2. The van der Waals surface area contributed by atoms with Crippen molar-refractivity contribution in [2.45, 2.75) is 62.9 Å². The Balaban J connectivity index is 5.56. The molecule has 0 aromatic carbocycles. The van der Waals surface area contributed by atoms with Crippen molar-refractivity contribution in [3.8, 4) is 0 Å². The molecule has 5 unspecified atom stereocenters. The molecule has 0 aromatic rings. The summed E-state index contributed by atoms with van der Waals surface area (Å²) in [6, 6.07) is -5.76. The lowest BCUT2D eigenvalue weighted by atomic mass is 10.1. The summed E-state index contributed by atoms with van der Waals surface area (Å²) in [6.07, 6.45) is -1.06. The Morgan fingerprint density at radius 2 is 1.39 bits per heavy atom. The molecule has 10 N–H and O–H groups in total. The number of amides is 4. The molecular weight excluding hydrogens is 462 g/mol. The largest absolute Gasteiger partial charge is 0.481 e. The van der Waals surface area contributed by atoms with Crippen LogP contribution in [0.15, 0.2) is 0 Å². The van der Waals surface area contributed by atoms with Crippen LogP contribution in [0, 0.1) is 0 Å². The normalized spacial score (nSPS) is 15.3. The molecule has 0 heterocycles. The standard InChI is InChI=1S/C18H31N5O9S/c1-8(24)14(20)17(30)23-11(7-12(19)25)16(29)21-9(3-4-13(26)27)15(28)22-10(18(31)32)5-6-33-2/h8-11,14,24H,3-7,20H2,1-2H3,(H2,19,25)(H,21,29)(H,22,28)(H,23,30)(H,26,27)(H,31,32). The van der Waals surface area contributed by atoms with Crippen LogP contribution in [-0.4, -0.2) is 93.2 Å². The van der Waals surface area contributed by atoms with Crippen molar-refractivity contribution in [2.24, 2.45) is 11.5 Å². The Kier molecular flexibility index (Phi) is 13.7. The minimum Gasteiger partial charge on any atom is -0.481 e. The minimum absolute atomic E-state index is 0.0828. The van der Waals surface area contributed by atoms with Crippen LogP contribution in [0.2, 0.25) is 0 Å². The van der Waals surface area contributed by atoms with E-state index in [0.717, 1.165) is 0 Å². The fourth-order valence-corrected chi connectivity index (χ4v) is 2.94. The van der Waals surface area contributed by atoms with E-state index in [1.807, 2.05) is 0 Å². The Labute approximate surface area is 194 Å². The molecule has 0 radical (unpaired) electrons. The van der Waals surface area contributed by atoms with E-state index in [1.54, 1.807) is 6.26 Å². The van der Waals surface area contributed by atoms with Crippen LogP contribution >= 0.6 is 11.8 Å². The maximum Gasteiger partial charge on any atom is 0.326 e. The predicted molar refractivity (Wildman–Crippen MR) is 117 cm³/mol. The third kappa shape index (κ3) is 12.1. The van der Waals surface area contributed by atoms with Crippen LogP contribution in [0.25, 0.3) is 0 Å². The molecule has 188 valence electrons. The van der Waals surface area contributed by atoms with E-state index in [4.69, 9.17) is 16.6 Å². The van der Waals surface area contributed by atoms with Crippen molar-refractivity contribution in [2.75, 3.05) is 12.0 Å². The number of aliphatic hydroxyl groups excluding tert-OH is 1. The van der Waals surface area contributed by atoms with Crippen molar-refractivity contribution < 1.29 is 44.1 Å². The second kappa shape index (κ2) is 15.0. The van der Waals surface area contributed by atoms with Crippen molar-refractivity contribution in [1.82, 2.24) is 16.0 Å². The summed E-state index contributed by atoms with van der Waals surface area (Å²) in [4.78, 5) is 71.0. The number of rotatable bonds is 16. The van der Waals surface area contributed by atoms with Gasteiger partial charge in [-0.1, -0.05) is 0 Å². The summed E-state index contributed by atoms with van der Waals surface area (Å²) in [5.74, 6) is -6.13. The van der Waals surface area contributed by atoms with Crippen LogP contribution in [0.5, 0.6) is 0 Å². The van der Waals surface area contributed by atoms with Gasteiger partial charge in [-0.15, -0.1) is 0 Å². The number of carboxylic acid groups (broad SMARTS) is 2. The van der Waals surface area contributed by atoms with E-state index in [2.05, 4.69) is 16.0 Å². The first-order valence-corrected chi connectivity index (χ1v) is 11.3. The predicted octanol–water partition coefficient (Wildman–Crippen LogP) is -3.27. The number of aliphatic hydroxyl groups is 1. The van der Waals surface area contributed by atoms with Crippen molar-refractivity contribution in [3.05, 3.63) is 0 Å².